The Morgan fingerprint density at radius 3 is 3.06 bits per heavy atom. The molecular weight excluding hydrogens is 219 g/mol. The molecule has 1 aliphatic heterocycles. The van der Waals surface area contributed by atoms with E-state index in [1.54, 1.807) is 6.07 Å². The first kappa shape index (κ1) is 12.5. The number of hydrogen-bond acceptors (Lipinski definition) is 3. The fourth-order valence-electron chi connectivity index (χ4n) is 2.33. The van der Waals surface area contributed by atoms with Crippen LogP contribution >= 0.6 is 0 Å². The lowest BCUT2D eigenvalue weighted by Gasteiger charge is -2.22. The van der Waals surface area contributed by atoms with Crippen molar-refractivity contribution in [3.05, 3.63) is 35.1 Å². The Kier molecular flexibility index (Phi) is 4.10. The van der Waals surface area contributed by atoms with Crippen molar-refractivity contribution in [2.45, 2.75) is 25.8 Å². The highest BCUT2D eigenvalue weighted by molar-refractivity contribution is 5.27. The molecule has 1 fully saturated rings. The van der Waals surface area contributed by atoms with E-state index in [-0.39, 0.29) is 11.9 Å². The average molecular weight is 238 g/mol. The van der Waals surface area contributed by atoms with Crippen molar-refractivity contribution in [3.8, 4) is 0 Å². The number of nitrogens with two attached hydrogens (primary N) is 1. The smallest absolute Gasteiger partial charge is 0.123 e. The summed E-state index contributed by atoms with van der Waals surface area (Å²) in [4.78, 5) is 0. The summed E-state index contributed by atoms with van der Waals surface area (Å²) in [6.45, 7) is 3.53. The van der Waals surface area contributed by atoms with Gasteiger partial charge in [0.1, 0.15) is 5.82 Å². The third kappa shape index (κ3) is 3.03. The Hall–Kier alpha value is -0.970. The summed E-state index contributed by atoms with van der Waals surface area (Å²) < 4.78 is 18.6. The quantitative estimate of drug-likeness (QED) is 0.618. The Labute approximate surface area is 101 Å². The molecule has 1 saturated heterocycles. The van der Waals surface area contributed by atoms with Crippen molar-refractivity contribution in [2.75, 3.05) is 13.2 Å². The van der Waals surface area contributed by atoms with Crippen LogP contribution in [-0.4, -0.2) is 19.3 Å². The molecule has 1 aromatic rings. The van der Waals surface area contributed by atoms with E-state index in [0.29, 0.717) is 5.92 Å². The monoisotopic (exact) mass is 238 g/mol. The predicted octanol–water partition coefficient (Wildman–Crippen LogP) is 1.55. The van der Waals surface area contributed by atoms with E-state index in [0.717, 1.165) is 37.2 Å². The molecule has 0 saturated carbocycles. The molecule has 1 aromatic carbocycles. The van der Waals surface area contributed by atoms with Crippen molar-refractivity contribution in [1.82, 2.24) is 5.43 Å². The molecule has 0 aromatic heterocycles. The minimum Gasteiger partial charge on any atom is -0.381 e. The normalized spacial score (nSPS) is 21.7. The maximum atomic E-state index is 13.2. The van der Waals surface area contributed by atoms with Gasteiger partial charge in [0.15, 0.2) is 0 Å². The zero-order chi connectivity index (χ0) is 12.3. The molecule has 0 aliphatic carbocycles. The highest BCUT2D eigenvalue weighted by atomic mass is 19.1. The Morgan fingerprint density at radius 2 is 2.41 bits per heavy atom. The zero-order valence-electron chi connectivity index (χ0n) is 10.1. The highest BCUT2D eigenvalue weighted by Crippen LogP contribution is 2.21. The van der Waals surface area contributed by atoms with Crippen molar-refractivity contribution >= 4 is 0 Å². The molecule has 1 aliphatic rings. The molecule has 1 heterocycles. The maximum absolute atomic E-state index is 13.2. The van der Waals surface area contributed by atoms with Crippen LogP contribution in [0, 0.1) is 18.7 Å². The van der Waals surface area contributed by atoms with Crippen molar-refractivity contribution in [2.24, 2.45) is 11.8 Å². The van der Waals surface area contributed by atoms with Gasteiger partial charge in [-0.3, -0.25) is 11.3 Å². The zero-order valence-corrected chi connectivity index (χ0v) is 10.1. The van der Waals surface area contributed by atoms with Gasteiger partial charge in [0, 0.05) is 18.6 Å². The van der Waals surface area contributed by atoms with Crippen LogP contribution in [0.2, 0.25) is 0 Å². The van der Waals surface area contributed by atoms with Crippen molar-refractivity contribution in [3.63, 3.8) is 0 Å². The third-order valence-corrected chi connectivity index (χ3v) is 3.50. The van der Waals surface area contributed by atoms with Gasteiger partial charge in [-0.2, -0.15) is 0 Å². The number of nitrogens with one attached hydrogen (secondary N) is 1. The van der Waals surface area contributed by atoms with Gasteiger partial charge < -0.3 is 4.74 Å². The van der Waals surface area contributed by atoms with Crippen LogP contribution in [0.3, 0.4) is 0 Å². The van der Waals surface area contributed by atoms with Crippen LogP contribution in [0.4, 0.5) is 4.39 Å². The fourth-order valence-corrected chi connectivity index (χ4v) is 2.33. The first-order valence-electron chi connectivity index (χ1n) is 5.99. The molecule has 0 spiro atoms. The Bertz CT molecular complexity index is 378. The number of benzene rings is 1. The number of hydrazine groups is 1. The lowest BCUT2D eigenvalue weighted by Crippen LogP contribution is -2.42. The van der Waals surface area contributed by atoms with Gasteiger partial charge in [-0.1, -0.05) is 6.07 Å². The van der Waals surface area contributed by atoms with Crippen LogP contribution in [0.1, 0.15) is 17.5 Å². The molecule has 17 heavy (non-hydrogen) atoms. The van der Waals surface area contributed by atoms with E-state index in [1.807, 2.05) is 13.0 Å². The van der Waals surface area contributed by atoms with E-state index in [4.69, 9.17) is 10.6 Å². The lowest BCUT2D eigenvalue weighted by molar-refractivity contribution is 0.176. The van der Waals surface area contributed by atoms with Crippen LogP contribution in [-0.2, 0) is 11.2 Å². The molecule has 2 unspecified atom stereocenters. The van der Waals surface area contributed by atoms with Crippen LogP contribution in [0.15, 0.2) is 18.2 Å². The molecular formula is C13H19FN2O. The topological polar surface area (TPSA) is 47.3 Å². The summed E-state index contributed by atoms with van der Waals surface area (Å²) in [5.74, 6) is 5.82. The SMILES string of the molecule is Cc1ccc(F)cc1CC(NN)C1CCOC1. The summed E-state index contributed by atoms with van der Waals surface area (Å²) in [6, 6.07) is 5.04. The van der Waals surface area contributed by atoms with Crippen LogP contribution in [0.5, 0.6) is 0 Å². The van der Waals surface area contributed by atoms with E-state index >= 15 is 0 Å². The van der Waals surface area contributed by atoms with Gasteiger partial charge in [-0.15, -0.1) is 0 Å². The average Bonchev–Trinajstić information content (AvgIpc) is 2.84. The summed E-state index contributed by atoms with van der Waals surface area (Å²) >= 11 is 0. The van der Waals surface area contributed by atoms with Gasteiger partial charge >= 0.3 is 0 Å². The second kappa shape index (κ2) is 5.58. The molecule has 4 heteroatoms. The standard InChI is InChI=1S/C13H19FN2O/c1-9-2-3-12(14)6-11(9)7-13(16-15)10-4-5-17-8-10/h2-3,6,10,13,16H,4-5,7-8,15H2,1H3. The number of halogens is 1. The highest BCUT2D eigenvalue weighted by Gasteiger charge is 2.25. The Balaban J connectivity index is 2.09. The van der Waals surface area contributed by atoms with Gasteiger partial charge in [-0.25, -0.2) is 4.39 Å². The molecule has 2 rings (SSSR count). The second-order valence-corrected chi connectivity index (χ2v) is 4.67. The van der Waals surface area contributed by atoms with E-state index in [1.165, 1.54) is 6.07 Å². The van der Waals surface area contributed by atoms with Crippen molar-refractivity contribution < 1.29 is 9.13 Å². The number of hydrogen-bond donors (Lipinski definition) is 2. The van der Waals surface area contributed by atoms with E-state index < -0.39 is 0 Å². The Morgan fingerprint density at radius 1 is 1.59 bits per heavy atom. The van der Waals surface area contributed by atoms with Crippen LogP contribution < -0.4 is 11.3 Å². The summed E-state index contributed by atoms with van der Waals surface area (Å²) in [7, 11) is 0. The molecule has 0 radical (unpaired) electrons. The minimum atomic E-state index is -0.191. The van der Waals surface area contributed by atoms with Crippen molar-refractivity contribution in [1.29, 1.82) is 0 Å². The fraction of sp³-hybridized carbons (Fsp3) is 0.538. The van der Waals surface area contributed by atoms with E-state index in [9.17, 15) is 4.39 Å². The number of rotatable bonds is 4. The van der Waals surface area contributed by atoms with Gasteiger partial charge in [0.2, 0.25) is 0 Å². The molecule has 3 nitrogen and oxygen atoms in total. The second-order valence-electron chi connectivity index (χ2n) is 4.67. The minimum absolute atomic E-state index is 0.151. The van der Waals surface area contributed by atoms with Gasteiger partial charge in [0.25, 0.3) is 0 Å². The molecule has 3 N–H and O–H groups in total. The number of aryl methyl sites for hydroxylation is 1. The first-order valence-corrected chi connectivity index (χ1v) is 5.99. The van der Waals surface area contributed by atoms with E-state index in [2.05, 4.69) is 5.43 Å². The van der Waals surface area contributed by atoms with Gasteiger partial charge in [0.05, 0.1) is 6.61 Å². The summed E-state index contributed by atoms with van der Waals surface area (Å²) in [5.41, 5.74) is 4.95. The summed E-state index contributed by atoms with van der Waals surface area (Å²) in [6.07, 6.45) is 1.76. The molecule has 0 amide bonds. The first-order chi connectivity index (χ1) is 8.20. The lowest BCUT2D eigenvalue weighted by atomic mass is 9.91. The number of ether oxygens (including phenoxy) is 1. The third-order valence-electron chi connectivity index (χ3n) is 3.50. The predicted molar refractivity (Wildman–Crippen MR) is 64.9 cm³/mol. The molecule has 2 atom stereocenters. The van der Waals surface area contributed by atoms with Gasteiger partial charge in [-0.05, 0) is 43.0 Å². The maximum Gasteiger partial charge on any atom is 0.123 e. The summed E-state index contributed by atoms with van der Waals surface area (Å²) in [5, 5.41) is 0. The largest absolute Gasteiger partial charge is 0.381 e. The molecule has 0 bridgehead atoms. The molecule has 94 valence electrons. The van der Waals surface area contributed by atoms with Crippen LogP contribution in [0.25, 0.3) is 0 Å².